The number of benzene rings is 1. The molecule has 2 heterocycles. The maximum atomic E-state index is 12.6. The van der Waals surface area contributed by atoms with Crippen LogP contribution in [0.15, 0.2) is 18.2 Å². The summed E-state index contributed by atoms with van der Waals surface area (Å²) >= 11 is 0. The van der Waals surface area contributed by atoms with E-state index >= 15 is 0 Å². The summed E-state index contributed by atoms with van der Waals surface area (Å²) in [4.78, 5) is 17.2. The van der Waals surface area contributed by atoms with Crippen LogP contribution in [0.4, 0.5) is 0 Å². The zero-order chi connectivity index (χ0) is 13.4. The molecule has 2 saturated heterocycles. The molecule has 1 aromatic rings. The van der Waals surface area contributed by atoms with Gasteiger partial charge in [-0.25, -0.2) is 0 Å². The van der Waals surface area contributed by atoms with Crippen LogP contribution >= 0.6 is 0 Å². The van der Waals surface area contributed by atoms with Crippen molar-refractivity contribution < 1.29 is 4.79 Å². The number of carbonyl (C=O) groups excluding carboxylic acids is 1. The molecule has 0 N–H and O–H groups in total. The Morgan fingerprint density at radius 3 is 2.68 bits per heavy atom. The van der Waals surface area contributed by atoms with Gasteiger partial charge >= 0.3 is 0 Å². The predicted molar refractivity (Wildman–Crippen MR) is 76.2 cm³/mol. The first-order valence-corrected chi connectivity index (χ1v) is 7.22. The van der Waals surface area contributed by atoms with Gasteiger partial charge in [0, 0.05) is 32.2 Å². The molecule has 3 heteroatoms. The second-order valence-corrected chi connectivity index (χ2v) is 5.88. The maximum Gasteiger partial charge on any atom is 0.227 e. The summed E-state index contributed by atoms with van der Waals surface area (Å²) in [5, 5.41) is 0. The van der Waals surface area contributed by atoms with Gasteiger partial charge in [-0.15, -0.1) is 0 Å². The summed E-state index contributed by atoms with van der Waals surface area (Å²) < 4.78 is 0. The lowest BCUT2D eigenvalue weighted by Gasteiger charge is -2.34. The number of piperazine rings is 1. The Hall–Kier alpha value is -1.35. The normalized spacial score (nSPS) is 25.7. The van der Waals surface area contributed by atoms with Gasteiger partial charge in [-0.05, 0) is 37.0 Å². The maximum absolute atomic E-state index is 12.6. The van der Waals surface area contributed by atoms with Crippen molar-refractivity contribution >= 4 is 5.91 Å². The summed E-state index contributed by atoms with van der Waals surface area (Å²) in [6.45, 7) is 8.41. The first kappa shape index (κ1) is 12.7. The predicted octanol–water partition coefficient (Wildman–Crippen LogP) is 1.76. The molecule has 3 rings (SSSR count). The highest BCUT2D eigenvalue weighted by atomic mass is 16.2. The Morgan fingerprint density at radius 2 is 1.95 bits per heavy atom. The van der Waals surface area contributed by atoms with Crippen LogP contribution in [0.1, 0.15) is 23.1 Å². The zero-order valence-electron chi connectivity index (χ0n) is 11.9. The third kappa shape index (κ3) is 2.39. The molecule has 0 spiro atoms. The molecule has 0 aliphatic carbocycles. The minimum atomic E-state index is 0.309. The smallest absolute Gasteiger partial charge is 0.227 e. The second kappa shape index (κ2) is 4.97. The van der Waals surface area contributed by atoms with E-state index in [1.165, 1.54) is 16.7 Å². The topological polar surface area (TPSA) is 23.6 Å². The summed E-state index contributed by atoms with van der Waals surface area (Å²) in [5.74, 6) is 0.309. The van der Waals surface area contributed by atoms with E-state index in [-0.39, 0.29) is 0 Å². The fraction of sp³-hybridized carbons (Fsp3) is 0.562. The molecule has 3 nitrogen and oxygen atoms in total. The molecular formula is C16H22N2O. The standard InChI is InChI=1S/C16H22N2O/c1-12-4-3-5-13(2)15(12)10-16(19)18-9-8-17-7-6-14(18)11-17/h3-5,14H,6-11H2,1-2H3. The van der Waals surface area contributed by atoms with Crippen LogP contribution in [0, 0.1) is 13.8 Å². The third-order valence-corrected chi connectivity index (χ3v) is 4.64. The van der Waals surface area contributed by atoms with Crippen LogP contribution in [0.2, 0.25) is 0 Å². The largest absolute Gasteiger partial charge is 0.337 e. The molecule has 0 radical (unpaired) electrons. The minimum absolute atomic E-state index is 0.309. The van der Waals surface area contributed by atoms with Gasteiger partial charge in [0.05, 0.1) is 6.42 Å². The molecule has 0 saturated carbocycles. The van der Waals surface area contributed by atoms with Crippen molar-refractivity contribution in [3.63, 3.8) is 0 Å². The van der Waals surface area contributed by atoms with Crippen molar-refractivity contribution in [3.05, 3.63) is 34.9 Å². The van der Waals surface area contributed by atoms with Crippen LogP contribution < -0.4 is 0 Å². The Morgan fingerprint density at radius 1 is 1.21 bits per heavy atom. The SMILES string of the molecule is Cc1cccc(C)c1CC(=O)N1CCN2CCC1C2. The average molecular weight is 258 g/mol. The van der Waals surface area contributed by atoms with E-state index in [4.69, 9.17) is 0 Å². The Labute approximate surface area is 115 Å². The van der Waals surface area contributed by atoms with Gasteiger partial charge in [0.15, 0.2) is 0 Å². The number of fused-ring (bicyclic) bond motifs is 2. The van der Waals surface area contributed by atoms with Crippen LogP contribution in [-0.2, 0) is 11.2 Å². The van der Waals surface area contributed by atoms with E-state index in [0.29, 0.717) is 18.4 Å². The fourth-order valence-electron chi connectivity index (χ4n) is 3.41. The molecule has 2 aliphatic heterocycles. The van der Waals surface area contributed by atoms with E-state index in [9.17, 15) is 4.79 Å². The van der Waals surface area contributed by atoms with Gasteiger partial charge in [0.1, 0.15) is 0 Å². The van der Waals surface area contributed by atoms with Crippen LogP contribution in [0.5, 0.6) is 0 Å². The van der Waals surface area contributed by atoms with E-state index in [0.717, 1.165) is 32.6 Å². The van der Waals surface area contributed by atoms with Gasteiger partial charge in [0.2, 0.25) is 5.91 Å². The van der Waals surface area contributed by atoms with Crippen molar-refractivity contribution in [2.45, 2.75) is 32.7 Å². The molecule has 1 aromatic carbocycles. The Bertz CT molecular complexity index is 477. The second-order valence-electron chi connectivity index (χ2n) is 5.88. The van der Waals surface area contributed by atoms with E-state index in [1.54, 1.807) is 0 Å². The number of amides is 1. The van der Waals surface area contributed by atoms with E-state index in [1.807, 2.05) is 0 Å². The molecule has 2 bridgehead atoms. The molecule has 2 unspecified atom stereocenters. The van der Waals surface area contributed by atoms with Crippen molar-refractivity contribution in [1.29, 1.82) is 0 Å². The van der Waals surface area contributed by atoms with Gasteiger partial charge < -0.3 is 4.90 Å². The van der Waals surface area contributed by atoms with Gasteiger partial charge in [-0.1, -0.05) is 18.2 Å². The number of hydrogen-bond donors (Lipinski definition) is 0. The molecule has 2 aliphatic rings. The molecule has 1 amide bonds. The lowest BCUT2D eigenvalue weighted by Crippen LogP contribution is -2.50. The highest BCUT2D eigenvalue weighted by molar-refractivity contribution is 5.80. The lowest BCUT2D eigenvalue weighted by molar-refractivity contribution is -0.133. The number of aryl methyl sites for hydroxylation is 2. The highest BCUT2D eigenvalue weighted by Gasteiger charge is 2.34. The molecular weight excluding hydrogens is 236 g/mol. The lowest BCUT2D eigenvalue weighted by atomic mass is 9.99. The Balaban J connectivity index is 1.74. The van der Waals surface area contributed by atoms with Crippen molar-refractivity contribution in [2.24, 2.45) is 0 Å². The summed E-state index contributed by atoms with van der Waals surface area (Å²) in [7, 11) is 0. The molecule has 0 aromatic heterocycles. The van der Waals surface area contributed by atoms with Crippen molar-refractivity contribution in [1.82, 2.24) is 9.80 Å². The number of carbonyl (C=O) groups is 1. The summed E-state index contributed by atoms with van der Waals surface area (Å²) in [5.41, 5.74) is 3.68. The number of rotatable bonds is 2. The summed E-state index contributed by atoms with van der Waals surface area (Å²) in [6, 6.07) is 6.73. The van der Waals surface area contributed by atoms with E-state index in [2.05, 4.69) is 41.8 Å². The third-order valence-electron chi connectivity index (χ3n) is 4.64. The Kier molecular flexibility index (Phi) is 3.31. The van der Waals surface area contributed by atoms with Gasteiger partial charge in [0.25, 0.3) is 0 Å². The number of hydrogen-bond acceptors (Lipinski definition) is 2. The molecule has 19 heavy (non-hydrogen) atoms. The van der Waals surface area contributed by atoms with E-state index < -0.39 is 0 Å². The molecule has 102 valence electrons. The quantitative estimate of drug-likeness (QED) is 0.807. The van der Waals surface area contributed by atoms with Crippen LogP contribution in [0.3, 0.4) is 0 Å². The first-order chi connectivity index (χ1) is 9.15. The first-order valence-electron chi connectivity index (χ1n) is 7.22. The zero-order valence-corrected chi connectivity index (χ0v) is 11.9. The average Bonchev–Trinajstić information content (AvgIpc) is 2.76. The minimum Gasteiger partial charge on any atom is -0.337 e. The molecule has 2 fully saturated rings. The summed E-state index contributed by atoms with van der Waals surface area (Å²) in [6.07, 6.45) is 1.72. The highest BCUT2D eigenvalue weighted by Crippen LogP contribution is 2.22. The van der Waals surface area contributed by atoms with Gasteiger partial charge in [-0.3, -0.25) is 9.69 Å². The molecule has 2 atom stereocenters. The van der Waals surface area contributed by atoms with Gasteiger partial charge in [-0.2, -0.15) is 0 Å². The monoisotopic (exact) mass is 258 g/mol. The van der Waals surface area contributed by atoms with Crippen molar-refractivity contribution in [2.75, 3.05) is 26.2 Å². The van der Waals surface area contributed by atoms with Crippen molar-refractivity contribution in [3.8, 4) is 0 Å². The fourth-order valence-corrected chi connectivity index (χ4v) is 3.41. The van der Waals surface area contributed by atoms with Crippen LogP contribution in [-0.4, -0.2) is 47.9 Å². The number of nitrogens with zero attached hydrogens (tertiary/aromatic N) is 2. The van der Waals surface area contributed by atoms with Crippen LogP contribution in [0.25, 0.3) is 0 Å².